The lowest BCUT2D eigenvalue weighted by Gasteiger charge is -2.30. The molecule has 0 saturated heterocycles. The summed E-state index contributed by atoms with van der Waals surface area (Å²) in [5, 5.41) is 13.2. The molecule has 0 spiro atoms. The van der Waals surface area contributed by atoms with Crippen molar-refractivity contribution in [3.05, 3.63) is 75.7 Å². The Morgan fingerprint density at radius 1 is 1.11 bits per heavy atom. The van der Waals surface area contributed by atoms with Gasteiger partial charge in [0.2, 0.25) is 0 Å². The van der Waals surface area contributed by atoms with Gasteiger partial charge >= 0.3 is 0 Å². The van der Waals surface area contributed by atoms with E-state index in [1.54, 1.807) is 0 Å². The Morgan fingerprint density at radius 3 is 2.64 bits per heavy atom. The van der Waals surface area contributed by atoms with Crippen LogP contribution in [0.25, 0.3) is 0 Å². The number of amides is 1. The number of aryl methyl sites for hydroxylation is 1. The topological polar surface area (TPSA) is 93.5 Å². The van der Waals surface area contributed by atoms with Crippen molar-refractivity contribution in [2.24, 2.45) is 0 Å². The number of para-hydroxylation sites is 1. The van der Waals surface area contributed by atoms with Crippen LogP contribution in [0.3, 0.4) is 0 Å². The van der Waals surface area contributed by atoms with Gasteiger partial charge in [-0.3, -0.25) is 14.0 Å². The fourth-order valence-electron chi connectivity index (χ4n) is 5.00. The molecule has 2 aliphatic heterocycles. The maximum absolute atomic E-state index is 13.4. The van der Waals surface area contributed by atoms with E-state index in [9.17, 15) is 18.5 Å². The van der Waals surface area contributed by atoms with Gasteiger partial charge in [0.1, 0.15) is 11.1 Å². The number of thiophene rings is 1. The minimum atomic E-state index is -3.74. The average Bonchev–Trinajstić information content (AvgIpc) is 3.24. The van der Waals surface area contributed by atoms with Gasteiger partial charge in [0.15, 0.2) is 0 Å². The van der Waals surface area contributed by atoms with E-state index in [4.69, 9.17) is 0 Å². The van der Waals surface area contributed by atoms with Crippen molar-refractivity contribution in [3.8, 4) is 6.07 Å². The van der Waals surface area contributed by atoms with Gasteiger partial charge in [0, 0.05) is 30.1 Å². The predicted octanol–water partition coefficient (Wildman–Crippen LogP) is 4.78. The Hall–Kier alpha value is -3.19. The van der Waals surface area contributed by atoms with E-state index in [1.165, 1.54) is 39.9 Å². The summed E-state index contributed by atoms with van der Waals surface area (Å²) in [6.45, 7) is 5.30. The van der Waals surface area contributed by atoms with E-state index in [0.717, 1.165) is 61.3 Å². The molecule has 9 heteroatoms. The predicted molar refractivity (Wildman–Crippen MR) is 142 cm³/mol. The molecule has 0 radical (unpaired) electrons. The smallest absolute Gasteiger partial charge is 0.264 e. The molecule has 0 aliphatic carbocycles. The van der Waals surface area contributed by atoms with Crippen LogP contribution in [0.1, 0.15) is 51.7 Å². The number of nitrogens with zero attached hydrogens (tertiary/aromatic N) is 3. The van der Waals surface area contributed by atoms with Gasteiger partial charge in [0.25, 0.3) is 15.9 Å². The normalized spacial score (nSPS) is 15.6. The first-order valence-electron chi connectivity index (χ1n) is 12.2. The summed E-state index contributed by atoms with van der Waals surface area (Å²) in [5.74, 6) is -0.359. The van der Waals surface area contributed by atoms with Gasteiger partial charge in [-0.2, -0.15) is 5.26 Å². The van der Waals surface area contributed by atoms with E-state index in [-0.39, 0.29) is 10.8 Å². The SMILES string of the molecule is CCCN1CCc2c(sc(NC(=O)c3ccc(S(=O)(=O)N4CCCc5ccccc54)cc3)c2C#N)C1. The van der Waals surface area contributed by atoms with Crippen molar-refractivity contribution in [2.75, 3.05) is 29.3 Å². The summed E-state index contributed by atoms with van der Waals surface area (Å²) < 4.78 is 28.2. The lowest BCUT2D eigenvalue weighted by molar-refractivity contribution is 0.102. The maximum Gasteiger partial charge on any atom is 0.264 e. The summed E-state index contributed by atoms with van der Waals surface area (Å²) in [4.78, 5) is 16.6. The van der Waals surface area contributed by atoms with Crippen molar-refractivity contribution in [1.29, 1.82) is 5.26 Å². The molecule has 3 heterocycles. The second-order valence-electron chi connectivity index (χ2n) is 9.13. The third-order valence-corrected chi connectivity index (χ3v) is 9.75. The lowest BCUT2D eigenvalue weighted by Crippen LogP contribution is -2.35. The number of hydrogen-bond donors (Lipinski definition) is 1. The first-order chi connectivity index (χ1) is 17.4. The summed E-state index contributed by atoms with van der Waals surface area (Å²) in [6.07, 6.45) is 3.50. The van der Waals surface area contributed by atoms with Crippen LogP contribution in [-0.2, 0) is 29.4 Å². The quantitative estimate of drug-likeness (QED) is 0.505. The Bertz CT molecular complexity index is 1440. The molecule has 3 aromatic rings. The highest BCUT2D eigenvalue weighted by molar-refractivity contribution is 7.92. The first kappa shape index (κ1) is 24.5. The van der Waals surface area contributed by atoms with Gasteiger partial charge in [-0.1, -0.05) is 25.1 Å². The van der Waals surface area contributed by atoms with Crippen LogP contribution in [0.5, 0.6) is 0 Å². The standard InChI is InChI=1S/C27H28N4O3S2/c1-2-14-30-16-13-22-23(17-28)27(35-25(22)18-30)29-26(32)20-9-11-21(12-10-20)36(33,34)31-15-5-7-19-6-3-4-8-24(19)31/h3-4,6,8-12H,2,5,7,13-16,18H2,1H3,(H,29,32). The zero-order valence-corrected chi connectivity index (χ0v) is 21.8. The molecule has 0 atom stereocenters. The number of benzene rings is 2. The molecule has 0 bridgehead atoms. The van der Waals surface area contributed by atoms with Crippen LogP contribution in [-0.4, -0.2) is 38.9 Å². The zero-order chi connectivity index (χ0) is 25.3. The monoisotopic (exact) mass is 520 g/mol. The number of anilines is 2. The van der Waals surface area contributed by atoms with Gasteiger partial charge in [-0.15, -0.1) is 11.3 Å². The van der Waals surface area contributed by atoms with Gasteiger partial charge in [-0.25, -0.2) is 8.42 Å². The lowest BCUT2D eigenvalue weighted by atomic mass is 10.0. The van der Waals surface area contributed by atoms with Crippen LogP contribution in [0.2, 0.25) is 0 Å². The highest BCUT2D eigenvalue weighted by Gasteiger charge is 2.29. The minimum Gasteiger partial charge on any atom is -0.312 e. The number of sulfonamides is 1. The maximum atomic E-state index is 13.4. The second-order valence-corrected chi connectivity index (χ2v) is 12.1. The summed E-state index contributed by atoms with van der Waals surface area (Å²) in [5.41, 5.74) is 3.66. The number of nitrogens with one attached hydrogen (secondary N) is 1. The summed E-state index contributed by atoms with van der Waals surface area (Å²) in [7, 11) is -3.74. The van der Waals surface area contributed by atoms with Gasteiger partial charge in [-0.05, 0) is 73.7 Å². The van der Waals surface area contributed by atoms with E-state index in [0.29, 0.717) is 28.4 Å². The van der Waals surface area contributed by atoms with E-state index in [2.05, 4.69) is 23.2 Å². The second kappa shape index (κ2) is 10.1. The van der Waals surface area contributed by atoms with E-state index in [1.807, 2.05) is 24.3 Å². The van der Waals surface area contributed by atoms with Gasteiger partial charge < -0.3 is 5.32 Å². The van der Waals surface area contributed by atoms with Crippen molar-refractivity contribution >= 4 is 38.0 Å². The number of nitriles is 1. The molecule has 0 unspecified atom stereocenters. The van der Waals surface area contributed by atoms with Crippen molar-refractivity contribution in [1.82, 2.24) is 4.90 Å². The molecule has 0 fully saturated rings. The largest absolute Gasteiger partial charge is 0.312 e. The third kappa shape index (κ3) is 4.52. The summed E-state index contributed by atoms with van der Waals surface area (Å²) >= 11 is 1.46. The molecule has 2 aromatic carbocycles. The molecule has 1 aromatic heterocycles. The Labute approximate surface area is 216 Å². The molecular weight excluding hydrogens is 492 g/mol. The van der Waals surface area contributed by atoms with E-state index < -0.39 is 10.0 Å². The molecule has 1 amide bonds. The third-order valence-electron chi connectivity index (χ3n) is 6.79. The summed E-state index contributed by atoms with van der Waals surface area (Å²) in [6, 6.07) is 15.9. The highest BCUT2D eigenvalue weighted by Crippen LogP contribution is 2.37. The van der Waals surface area contributed by atoms with Crippen LogP contribution in [0.15, 0.2) is 53.4 Å². The molecule has 5 rings (SSSR count). The van der Waals surface area contributed by atoms with Crippen molar-refractivity contribution < 1.29 is 13.2 Å². The molecule has 36 heavy (non-hydrogen) atoms. The molecular formula is C27H28N4O3S2. The average molecular weight is 521 g/mol. The molecule has 2 aliphatic rings. The van der Waals surface area contributed by atoms with Crippen LogP contribution in [0.4, 0.5) is 10.7 Å². The fourth-order valence-corrected chi connectivity index (χ4v) is 7.78. The van der Waals surface area contributed by atoms with Gasteiger partial charge in [0.05, 0.1) is 16.1 Å². The molecule has 186 valence electrons. The van der Waals surface area contributed by atoms with Crippen LogP contribution >= 0.6 is 11.3 Å². The fraction of sp³-hybridized carbons (Fsp3) is 0.333. The molecule has 7 nitrogen and oxygen atoms in total. The van der Waals surface area contributed by atoms with Crippen LogP contribution < -0.4 is 9.62 Å². The number of carbonyl (C=O) groups excluding carboxylic acids is 1. The van der Waals surface area contributed by atoms with Crippen LogP contribution in [0, 0.1) is 11.3 Å². The van der Waals surface area contributed by atoms with Crippen molar-refractivity contribution in [2.45, 2.75) is 44.0 Å². The first-order valence-corrected chi connectivity index (χ1v) is 14.5. The Kier molecular flexibility index (Phi) is 6.84. The Morgan fingerprint density at radius 2 is 1.89 bits per heavy atom. The minimum absolute atomic E-state index is 0.149. The number of rotatable bonds is 6. The molecule has 1 N–H and O–H groups in total. The Balaban J connectivity index is 1.35. The number of hydrogen-bond acceptors (Lipinski definition) is 6. The zero-order valence-electron chi connectivity index (χ0n) is 20.2. The highest BCUT2D eigenvalue weighted by atomic mass is 32.2. The van der Waals surface area contributed by atoms with Crippen molar-refractivity contribution in [3.63, 3.8) is 0 Å². The molecule has 0 saturated carbocycles. The number of fused-ring (bicyclic) bond motifs is 2. The van der Waals surface area contributed by atoms with E-state index >= 15 is 0 Å². The number of carbonyl (C=O) groups is 1.